The first kappa shape index (κ1) is 22.6. The quantitative estimate of drug-likeness (QED) is 0.374. The van der Waals surface area contributed by atoms with Gasteiger partial charge in [-0.25, -0.2) is 15.0 Å². The van der Waals surface area contributed by atoms with E-state index < -0.39 is 5.91 Å². The number of halogens is 1. The van der Waals surface area contributed by atoms with E-state index in [0.29, 0.717) is 43.3 Å². The van der Waals surface area contributed by atoms with Crippen LogP contribution in [-0.2, 0) is 0 Å². The van der Waals surface area contributed by atoms with Gasteiger partial charge in [-0.05, 0) is 42.8 Å². The molecule has 35 heavy (non-hydrogen) atoms. The Morgan fingerprint density at radius 2 is 1.91 bits per heavy atom. The van der Waals surface area contributed by atoms with Crippen molar-refractivity contribution in [1.29, 1.82) is 0 Å². The molecule has 1 aromatic carbocycles. The maximum Gasteiger partial charge on any atom is 0.259 e. The van der Waals surface area contributed by atoms with Crippen LogP contribution in [0.15, 0.2) is 66.0 Å². The molecule has 0 atom stereocenters. The summed E-state index contributed by atoms with van der Waals surface area (Å²) in [6.45, 7) is 1.84. The second kappa shape index (κ2) is 9.24. The fourth-order valence-electron chi connectivity index (χ4n) is 3.53. The lowest BCUT2D eigenvalue weighted by molar-refractivity contribution is 0.102. The van der Waals surface area contributed by atoms with Crippen molar-refractivity contribution in [3.63, 3.8) is 0 Å². The van der Waals surface area contributed by atoms with Gasteiger partial charge >= 0.3 is 0 Å². The smallest absolute Gasteiger partial charge is 0.259 e. The van der Waals surface area contributed by atoms with Crippen molar-refractivity contribution in [2.75, 3.05) is 12.4 Å². The molecule has 4 heterocycles. The fourth-order valence-corrected chi connectivity index (χ4v) is 4.47. The van der Waals surface area contributed by atoms with E-state index >= 15 is 0 Å². The van der Waals surface area contributed by atoms with Gasteiger partial charge in [-0.1, -0.05) is 22.9 Å². The number of ether oxygens (including phenoxy) is 1. The lowest BCUT2D eigenvalue weighted by atomic mass is 9.99. The zero-order chi connectivity index (χ0) is 24.5. The van der Waals surface area contributed by atoms with Gasteiger partial charge in [0.05, 0.1) is 12.7 Å². The Hall–Kier alpha value is -4.15. The molecule has 4 aromatic heterocycles. The normalized spacial score (nSPS) is 10.9. The van der Waals surface area contributed by atoms with Crippen LogP contribution in [-0.4, -0.2) is 37.5 Å². The lowest BCUT2D eigenvalue weighted by Crippen LogP contribution is -2.19. The SMILES string of the molecule is COc1ccc(Cl)cc1-c1cc(-n2ccc(C)cc2=O)ncc1C(=O)Nc1nc2nccnc2s1. The summed E-state index contributed by atoms with van der Waals surface area (Å²) in [5, 5.41) is 3.60. The predicted molar refractivity (Wildman–Crippen MR) is 135 cm³/mol. The van der Waals surface area contributed by atoms with Crippen molar-refractivity contribution in [2.45, 2.75) is 6.92 Å². The maximum absolute atomic E-state index is 13.4. The van der Waals surface area contributed by atoms with Crippen LogP contribution in [0.2, 0.25) is 5.02 Å². The van der Waals surface area contributed by atoms with Crippen molar-refractivity contribution in [2.24, 2.45) is 0 Å². The van der Waals surface area contributed by atoms with Gasteiger partial charge in [-0.2, -0.15) is 4.98 Å². The van der Waals surface area contributed by atoms with Gasteiger partial charge in [0.25, 0.3) is 11.5 Å². The first-order chi connectivity index (χ1) is 16.9. The molecule has 0 fully saturated rings. The fraction of sp³-hybridized carbons (Fsp3) is 0.0833. The average molecular weight is 505 g/mol. The molecule has 0 unspecified atom stereocenters. The molecule has 0 aliphatic carbocycles. The molecular weight excluding hydrogens is 488 g/mol. The Morgan fingerprint density at radius 1 is 1.09 bits per heavy atom. The number of aryl methyl sites for hydroxylation is 1. The van der Waals surface area contributed by atoms with E-state index in [2.05, 4.69) is 25.3 Å². The van der Waals surface area contributed by atoms with E-state index in [4.69, 9.17) is 16.3 Å². The van der Waals surface area contributed by atoms with Crippen LogP contribution in [0.3, 0.4) is 0 Å². The molecule has 0 radical (unpaired) electrons. The number of carbonyl (C=O) groups excluding carboxylic acids is 1. The average Bonchev–Trinajstić information content (AvgIpc) is 3.26. The zero-order valence-electron chi connectivity index (χ0n) is 18.5. The number of pyridine rings is 2. The topological polar surface area (TPSA) is 112 Å². The Balaban J connectivity index is 1.64. The largest absolute Gasteiger partial charge is 0.496 e. The minimum atomic E-state index is -0.448. The predicted octanol–water partition coefficient (Wildman–Crippen LogP) is 4.52. The van der Waals surface area contributed by atoms with Crippen molar-refractivity contribution in [3.8, 4) is 22.7 Å². The number of amides is 1. The van der Waals surface area contributed by atoms with E-state index in [-0.39, 0.29) is 11.1 Å². The molecule has 5 aromatic rings. The molecule has 11 heteroatoms. The highest BCUT2D eigenvalue weighted by Crippen LogP contribution is 2.36. The molecule has 0 saturated heterocycles. The third-order valence-electron chi connectivity index (χ3n) is 5.18. The van der Waals surface area contributed by atoms with Gasteiger partial charge in [0.2, 0.25) is 0 Å². The summed E-state index contributed by atoms with van der Waals surface area (Å²) in [4.78, 5) is 43.6. The number of fused-ring (bicyclic) bond motifs is 1. The van der Waals surface area contributed by atoms with Gasteiger partial charge in [0.1, 0.15) is 11.6 Å². The number of carbonyl (C=O) groups is 1. The third-order valence-corrected chi connectivity index (χ3v) is 6.28. The first-order valence-electron chi connectivity index (χ1n) is 10.4. The molecule has 1 N–H and O–H groups in total. The highest BCUT2D eigenvalue weighted by atomic mass is 35.5. The van der Waals surface area contributed by atoms with Crippen LogP contribution in [0.25, 0.3) is 27.4 Å². The number of benzene rings is 1. The van der Waals surface area contributed by atoms with E-state index in [9.17, 15) is 9.59 Å². The molecule has 0 bridgehead atoms. The minimum Gasteiger partial charge on any atom is -0.496 e. The third kappa shape index (κ3) is 4.48. The first-order valence-corrected chi connectivity index (χ1v) is 11.5. The van der Waals surface area contributed by atoms with Crippen LogP contribution >= 0.6 is 22.9 Å². The Morgan fingerprint density at radius 3 is 2.69 bits per heavy atom. The van der Waals surface area contributed by atoms with Gasteiger partial charge in [-0.15, -0.1) is 0 Å². The summed E-state index contributed by atoms with van der Waals surface area (Å²) in [6, 6.07) is 10.1. The standard InChI is InChI=1S/C24H17ClN6O3S/c1-13-5-8-31(20(32)9-13)19-11-15(16-10-14(25)3-4-18(16)34-2)17(12-28-19)22(33)30-24-29-21-23(35-24)27-7-6-26-21/h3-12H,1-2H3,(H,26,29,30,33). The number of aromatic nitrogens is 5. The highest BCUT2D eigenvalue weighted by Gasteiger charge is 2.20. The number of rotatable bonds is 5. The summed E-state index contributed by atoms with van der Waals surface area (Å²) >= 11 is 7.49. The van der Waals surface area contributed by atoms with E-state index in [1.54, 1.807) is 42.7 Å². The molecule has 0 saturated carbocycles. The molecule has 0 spiro atoms. The Labute approximate surface area is 208 Å². The number of anilines is 1. The van der Waals surface area contributed by atoms with E-state index in [1.165, 1.54) is 41.5 Å². The summed E-state index contributed by atoms with van der Waals surface area (Å²) in [5.41, 5.74) is 2.33. The van der Waals surface area contributed by atoms with Gasteiger partial charge < -0.3 is 4.74 Å². The zero-order valence-corrected chi connectivity index (χ0v) is 20.1. The van der Waals surface area contributed by atoms with Crippen LogP contribution in [0, 0.1) is 6.92 Å². The molecular formula is C24H17ClN6O3S. The number of methoxy groups -OCH3 is 1. The number of nitrogens with one attached hydrogen (secondary N) is 1. The van der Waals surface area contributed by atoms with Crippen molar-refractivity contribution >= 4 is 44.5 Å². The van der Waals surface area contributed by atoms with Crippen molar-refractivity contribution in [1.82, 2.24) is 24.5 Å². The summed E-state index contributed by atoms with van der Waals surface area (Å²) < 4.78 is 6.93. The van der Waals surface area contributed by atoms with Crippen molar-refractivity contribution < 1.29 is 9.53 Å². The van der Waals surface area contributed by atoms with Crippen LogP contribution in [0.5, 0.6) is 5.75 Å². The molecule has 0 aliphatic rings. The second-order valence-corrected chi connectivity index (χ2v) is 8.92. The Kier molecular flexibility index (Phi) is 5.98. The number of hydrogen-bond acceptors (Lipinski definition) is 8. The molecule has 0 aliphatic heterocycles. The number of thiazole rings is 1. The minimum absolute atomic E-state index is 0.242. The van der Waals surface area contributed by atoms with E-state index in [1.807, 2.05) is 6.92 Å². The van der Waals surface area contributed by atoms with Gasteiger partial charge in [0, 0.05) is 47.0 Å². The Bertz CT molecular complexity index is 1620. The molecule has 5 rings (SSSR count). The molecule has 9 nitrogen and oxygen atoms in total. The number of hydrogen-bond donors (Lipinski definition) is 1. The van der Waals surface area contributed by atoms with Gasteiger partial charge in [-0.3, -0.25) is 19.5 Å². The van der Waals surface area contributed by atoms with E-state index in [0.717, 1.165) is 5.56 Å². The maximum atomic E-state index is 13.4. The van der Waals surface area contributed by atoms with Crippen LogP contribution in [0.4, 0.5) is 5.13 Å². The number of nitrogens with zero attached hydrogens (tertiary/aromatic N) is 5. The van der Waals surface area contributed by atoms with Crippen LogP contribution in [0.1, 0.15) is 15.9 Å². The summed E-state index contributed by atoms with van der Waals surface area (Å²) in [6.07, 6.45) is 6.15. The van der Waals surface area contributed by atoms with Crippen molar-refractivity contribution in [3.05, 3.63) is 87.7 Å². The van der Waals surface area contributed by atoms with Crippen LogP contribution < -0.4 is 15.6 Å². The highest BCUT2D eigenvalue weighted by molar-refractivity contribution is 7.21. The summed E-state index contributed by atoms with van der Waals surface area (Å²) in [5.74, 6) is 0.401. The monoisotopic (exact) mass is 504 g/mol. The second-order valence-electron chi connectivity index (χ2n) is 7.50. The van der Waals surface area contributed by atoms with Gasteiger partial charge in [0.15, 0.2) is 15.6 Å². The lowest BCUT2D eigenvalue weighted by Gasteiger charge is -2.15. The molecule has 1 amide bonds. The summed E-state index contributed by atoms with van der Waals surface area (Å²) in [7, 11) is 1.53. The molecule has 174 valence electrons.